The van der Waals surface area contributed by atoms with Crippen molar-refractivity contribution in [2.45, 2.75) is 43.9 Å². The van der Waals surface area contributed by atoms with Gasteiger partial charge in [0.2, 0.25) is 0 Å². The molecule has 1 aliphatic heterocycles. The summed E-state index contributed by atoms with van der Waals surface area (Å²) in [6.07, 6.45) is -2.32. The number of ether oxygens (including phenoxy) is 2. The lowest BCUT2D eigenvalue weighted by Crippen LogP contribution is -2.58. The van der Waals surface area contributed by atoms with Crippen molar-refractivity contribution in [2.24, 2.45) is 0 Å². The van der Waals surface area contributed by atoms with Crippen molar-refractivity contribution in [3.8, 4) is 0 Å². The van der Waals surface area contributed by atoms with Gasteiger partial charge in [0.1, 0.15) is 24.0 Å². The number of nitrogens with one attached hydrogen (secondary N) is 1. The van der Waals surface area contributed by atoms with Gasteiger partial charge in [-0.05, 0) is 40.8 Å². The summed E-state index contributed by atoms with van der Waals surface area (Å²) in [4.78, 5) is 16.2. The number of esters is 1. The number of aromatic nitrogens is 2. The molecule has 3 N–H and O–H groups in total. The highest BCUT2D eigenvalue weighted by atomic mass is 31.2. The molecule has 11 heteroatoms. The minimum Gasteiger partial charge on any atom is -0.450 e. The van der Waals surface area contributed by atoms with E-state index in [0.29, 0.717) is 0 Å². The lowest BCUT2D eigenvalue weighted by molar-refractivity contribution is -0.245. The Hall–Kier alpha value is -3.86. The van der Waals surface area contributed by atoms with Crippen molar-refractivity contribution in [2.75, 3.05) is 6.61 Å². The van der Waals surface area contributed by atoms with Crippen LogP contribution in [-0.2, 0) is 36.3 Å². The van der Waals surface area contributed by atoms with E-state index in [4.69, 9.17) is 23.0 Å². The molecule has 6 rings (SSSR count). The first-order chi connectivity index (χ1) is 21.6. The number of carbonyl (C=O) groups is 1. The van der Waals surface area contributed by atoms with Gasteiger partial charge < -0.3 is 42.8 Å². The molecule has 2 aromatic heterocycles. The Kier molecular flexibility index (Phi) is 9.80. The van der Waals surface area contributed by atoms with Crippen molar-refractivity contribution >= 4 is 25.5 Å². The first kappa shape index (κ1) is 30.2. The largest absolute Gasteiger partial charge is 0.450 e. The molecular formula is C33H33N2O8P. The lowest BCUT2D eigenvalue weighted by atomic mass is 9.98. The lowest BCUT2D eigenvalue weighted by Gasteiger charge is -2.44. The molecular weight excluding hydrogens is 583 g/mol. The Bertz CT molecular complexity index is 1570. The number of H-pyrrole nitrogens is 1. The van der Waals surface area contributed by atoms with Gasteiger partial charge in [0.05, 0.1) is 25.3 Å². The second-order valence-corrected chi connectivity index (χ2v) is 11.5. The fourth-order valence-corrected chi connectivity index (χ4v) is 6.25. The minimum absolute atomic E-state index is 0.183. The fourth-order valence-electron chi connectivity index (χ4n) is 5.10. The van der Waals surface area contributed by atoms with Gasteiger partial charge >= 0.3 is 14.6 Å². The topological polar surface area (TPSA) is 124 Å². The van der Waals surface area contributed by atoms with Crippen LogP contribution in [-0.4, -0.2) is 56.8 Å². The number of benzene rings is 3. The molecule has 0 radical (unpaired) electrons. The van der Waals surface area contributed by atoms with Crippen LogP contribution in [0.3, 0.4) is 0 Å². The molecule has 1 fully saturated rings. The monoisotopic (exact) mass is 616 g/mol. The highest BCUT2D eigenvalue weighted by Gasteiger charge is 2.50. The molecule has 5 unspecified atom stereocenters. The summed E-state index contributed by atoms with van der Waals surface area (Å²) in [5.74, 6) is -0.659. The quantitative estimate of drug-likeness (QED) is 0.124. The van der Waals surface area contributed by atoms with Crippen molar-refractivity contribution in [3.63, 3.8) is 0 Å². The van der Waals surface area contributed by atoms with Gasteiger partial charge in [0, 0.05) is 12.4 Å². The number of carbonyl (C=O) groups excluding carboxylic acids is 1. The van der Waals surface area contributed by atoms with Gasteiger partial charge in [-0.2, -0.15) is 0 Å². The molecule has 44 heavy (non-hydrogen) atoms. The van der Waals surface area contributed by atoms with Gasteiger partial charge in [-0.1, -0.05) is 78.9 Å². The molecule has 0 aliphatic carbocycles. The summed E-state index contributed by atoms with van der Waals surface area (Å²) < 4.78 is 32.8. The summed E-state index contributed by atoms with van der Waals surface area (Å²) in [7, 11) is -2.09. The third kappa shape index (κ3) is 6.93. The van der Waals surface area contributed by atoms with Crippen LogP contribution in [0.1, 0.15) is 27.8 Å². The molecule has 3 heterocycles. The van der Waals surface area contributed by atoms with Crippen LogP contribution in [0.4, 0.5) is 0 Å². The zero-order chi connectivity index (χ0) is 30.3. The zero-order valence-corrected chi connectivity index (χ0v) is 24.6. The first-order valence-corrected chi connectivity index (χ1v) is 15.3. The van der Waals surface area contributed by atoms with E-state index in [-0.39, 0.29) is 18.9 Å². The first-order valence-electron chi connectivity index (χ1n) is 14.3. The van der Waals surface area contributed by atoms with Gasteiger partial charge in [-0.15, -0.1) is 0 Å². The molecule has 5 atom stereocenters. The van der Waals surface area contributed by atoms with E-state index in [1.807, 2.05) is 102 Å². The molecule has 0 spiro atoms. The van der Waals surface area contributed by atoms with Crippen molar-refractivity contribution < 1.29 is 38.1 Å². The van der Waals surface area contributed by atoms with Crippen molar-refractivity contribution in [1.82, 2.24) is 9.55 Å². The predicted octanol–water partition coefficient (Wildman–Crippen LogP) is 5.49. The maximum Gasteiger partial charge on any atom is 0.355 e. The SMILES string of the molecule is O=C(OC1C(OP(OCc2ccccc2)OCc2ccccc2)C(O)C(CO)OC1n1ccc2ccccc21)c1ccc[nH]1. The van der Waals surface area contributed by atoms with E-state index in [2.05, 4.69) is 4.98 Å². The number of hydrogen-bond donors (Lipinski definition) is 3. The molecule has 1 aliphatic rings. The Morgan fingerprint density at radius 3 is 2.14 bits per heavy atom. The Morgan fingerprint density at radius 1 is 0.841 bits per heavy atom. The Balaban J connectivity index is 1.33. The number of aliphatic hydroxyl groups is 2. The number of aromatic amines is 1. The third-order valence-electron chi connectivity index (χ3n) is 7.35. The number of fused-ring (bicyclic) bond motifs is 1. The second kappa shape index (κ2) is 14.3. The summed E-state index contributed by atoms with van der Waals surface area (Å²) in [6, 6.07) is 32.0. The highest BCUT2D eigenvalue weighted by molar-refractivity contribution is 7.41. The van der Waals surface area contributed by atoms with Crippen LogP contribution in [0.25, 0.3) is 10.9 Å². The number of rotatable bonds is 12. The highest BCUT2D eigenvalue weighted by Crippen LogP contribution is 2.47. The maximum atomic E-state index is 13.3. The van der Waals surface area contributed by atoms with Crippen LogP contribution < -0.4 is 0 Å². The minimum atomic E-state index is -2.09. The molecule has 10 nitrogen and oxygen atoms in total. The van der Waals surface area contributed by atoms with Crippen LogP contribution in [0, 0.1) is 0 Å². The Labute approximate surface area is 255 Å². The average Bonchev–Trinajstić information content (AvgIpc) is 3.76. The molecule has 0 amide bonds. The van der Waals surface area contributed by atoms with Crippen LogP contribution in [0.2, 0.25) is 0 Å². The summed E-state index contributed by atoms with van der Waals surface area (Å²) >= 11 is 0. The molecule has 0 saturated carbocycles. The Morgan fingerprint density at radius 2 is 1.50 bits per heavy atom. The number of nitrogens with zero attached hydrogens (tertiary/aromatic N) is 1. The van der Waals surface area contributed by atoms with Gasteiger partial charge in [0.25, 0.3) is 0 Å². The number of hydrogen-bond acceptors (Lipinski definition) is 8. The van der Waals surface area contributed by atoms with E-state index in [0.717, 1.165) is 22.0 Å². The van der Waals surface area contributed by atoms with Crippen LogP contribution in [0.5, 0.6) is 0 Å². The molecule has 0 bridgehead atoms. The number of aliphatic hydroxyl groups excluding tert-OH is 2. The van der Waals surface area contributed by atoms with E-state index in [1.165, 1.54) is 0 Å². The van der Waals surface area contributed by atoms with Gasteiger partial charge in [0.15, 0.2) is 12.3 Å². The van der Waals surface area contributed by atoms with E-state index in [1.54, 1.807) is 18.3 Å². The standard InChI is InChI=1S/C33H33N2O8P/c36-20-28-29(37)30(43-44(39-21-23-10-3-1-4-11-23)40-22-24-12-5-2-6-13-24)31(42-33(38)26-15-9-18-34-26)32(41-28)35-19-17-25-14-7-8-16-27(25)35/h1-19,28-32,34,36-37H,20-22H2. The van der Waals surface area contributed by atoms with E-state index in [9.17, 15) is 15.0 Å². The van der Waals surface area contributed by atoms with E-state index >= 15 is 0 Å². The summed E-state index contributed by atoms with van der Waals surface area (Å²) in [6.45, 7) is -0.132. The molecule has 228 valence electrons. The molecule has 3 aromatic carbocycles. The summed E-state index contributed by atoms with van der Waals surface area (Å²) in [5, 5.41) is 22.7. The predicted molar refractivity (Wildman–Crippen MR) is 163 cm³/mol. The molecule has 5 aromatic rings. The van der Waals surface area contributed by atoms with E-state index < -0.39 is 51.8 Å². The maximum absolute atomic E-state index is 13.3. The van der Waals surface area contributed by atoms with Crippen LogP contribution in [0.15, 0.2) is 116 Å². The third-order valence-corrected chi connectivity index (χ3v) is 8.44. The van der Waals surface area contributed by atoms with Crippen molar-refractivity contribution in [3.05, 3.63) is 132 Å². The second-order valence-electron chi connectivity index (χ2n) is 10.3. The smallest absolute Gasteiger partial charge is 0.355 e. The molecule has 1 saturated heterocycles. The summed E-state index contributed by atoms with van der Waals surface area (Å²) in [5.41, 5.74) is 2.84. The normalized spacial score (nSPS) is 21.9. The van der Waals surface area contributed by atoms with Gasteiger partial charge in [-0.3, -0.25) is 0 Å². The van der Waals surface area contributed by atoms with Crippen molar-refractivity contribution in [1.29, 1.82) is 0 Å². The fraction of sp³-hybridized carbons (Fsp3) is 0.242. The average molecular weight is 617 g/mol. The van der Waals surface area contributed by atoms with Gasteiger partial charge in [-0.25, -0.2) is 4.79 Å². The van der Waals surface area contributed by atoms with Crippen LogP contribution >= 0.6 is 8.60 Å². The number of para-hydroxylation sites is 1. The zero-order valence-electron chi connectivity index (χ0n) is 23.7.